The standard InChI is InChI=1S/C15H20O2/c1-2-4-12(10-15(16)17)14-8-7-11-5-3-6-13(11)9-14/h7-9,12H,2-6,10H2,1H3,(H,16,17). The van der Waals surface area contributed by atoms with Gasteiger partial charge in [-0.3, -0.25) is 4.79 Å². The molecule has 0 amide bonds. The molecule has 2 nitrogen and oxygen atoms in total. The first-order valence-electron chi connectivity index (χ1n) is 6.54. The highest BCUT2D eigenvalue weighted by Crippen LogP contribution is 2.30. The Bertz CT molecular complexity index is 409. The van der Waals surface area contributed by atoms with Crippen molar-refractivity contribution in [1.82, 2.24) is 0 Å². The summed E-state index contributed by atoms with van der Waals surface area (Å²) in [7, 11) is 0. The molecule has 0 radical (unpaired) electrons. The van der Waals surface area contributed by atoms with Crippen LogP contribution in [0.2, 0.25) is 0 Å². The second-order valence-electron chi connectivity index (χ2n) is 4.97. The minimum Gasteiger partial charge on any atom is -0.481 e. The van der Waals surface area contributed by atoms with Gasteiger partial charge < -0.3 is 5.11 Å². The van der Waals surface area contributed by atoms with Gasteiger partial charge in [-0.2, -0.15) is 0 Å². The van der Waals surface area contributed by atoms with E-state index in [0.29, 0.717) is 0 Å². The van der Waals surface area contributed by atoms with E-state index in [9.17, 15) is 4.79 Å². The molecule has 0 bridgehead atoms. The van der Waals surface area contributed by atoms with Gasteiger partial charge >= 0.3 is 5.97 Å². The largest absolute Gasteiger partial charge is 0.481 e. The highest BCUT2D eigenvalue weighted by Gasteiger charge is 2.17. The average molecular weight is 232 g/mol. The second-order valence-corrected chi connectivity index (χ2v) is 4.97. The maximum absolute atomic E-state index is 10.9. The van der Waals surface area contributed by atoms with E-state index in [4.69, 9.17) is 5.11 Å². The summed E-state index contributed by atoms with van der Waals surface area (Å²) in [6.45, 7) is 2.11. The molecule has 1 aromatic carbocycles. The van der Waals surface area contributed by atoms with Gasteiger partial charge in [0.2, 0.25) is 0 Å². The van der Waals surface area contributed by atoms with Crippen molar-refractivity contribution in [3.8, 4) is 0 Å². The topological polar surface area (TPSA) is 37.3 Å². The maximum Gasteiger partial charge on any atom is 0.303 e. The lowest BCUT2D eigenvalue weighted by atomic mass is 9.89. The number of aliphatic carboxylic acids is 1. The van der Waals surface area contributed by atoms with E-state index in [0.717, 1.165) is 19.3 Å². The molecular formula is C15H20O2. The van der Waals surface area contributed by atoms with Gasteiger partial charge in [0, 0.05) is 0 Å². The number of carboxylic acid groups (broad SMARTS) is 1. The fourth-order valence-electron chi connectivity index (χ4n) is 2.79. The van der Waals surface area contributed by atoms with Crippen molar-refractivity contribution in [3.05, 3.63) is 34.9 Å². The molecule has 92 valence electrons. The van der Waals surface area contributed by atoms with Crippen LogP contribution in [0.25, 0.3) is 0 Å². The minimum atomic E-state index is -0.691. The van der Waals surface area contributed by atoms with E-state index >= 15 is 0 Å². The van der Waals surface area contributed by atoms with E-state index in [1.165, 1.54) is 29.5 Å². The van der Waals surface area contributed by atoms with Gasteiger partial charge in [0.25, 0.3) is 0 Å². The molecule has 1 N–H and O–H groups in total. The number of rotatable bonds is 5. The summed E-state index contributed by atoms with van der Waals surface area (Å²) in [5.41, 5.74) is 4.11. The summed E-state index contributed by atoms with van der Waals surface area (Å²) in [4.78, 5) is 10.9. The molecule has 1 atom stereocenters. The third-order valence-corrected chi connectivity index (χ3v) is 3.65. The molecule has 0 saturated carbocycles. The second kappa shape index (κ2) is 5.35. The molecule has 0 heterocycles. The normalized spacial score (nSPS) is 15.6. The Labute approximate surface area is 103 Å². The van der Waals surface area contributed by atoms with Crippen LogP contribution in [0.15, 0.2) is 18.2 Å². The van der Waals surface area contributed by atoms with Crippen LogP contribution < -0.4 is 0 Å². The molecule has 0 saturated heterocycles. The van der Waals surface area contributed by atoms with Crippen LogP contribution in [0.3, 0.4) is 0 Å². The quantitative estimate of drug-likeness (QED) is 0.843. The van der Waals surface area contributed by atoms with E-state index in [-0.39, 0.29) is 12.3 Å². The van der Waals surface area contributed by atoms with Crippen LogP contribution in [0, 0.1) is 0 Å². The van der Waals surface area contributed by atoms with Crippen LogP contribution >= 0.6 is 0 Å². The molecule has 1 aliphatic rings. The molecule has 0 fully saturated rings. The number of fused-ring (bicyclic) bond motifs is 1. The summed E-state index contributed by atoms with van der Waals surface area (Å²) >= 11 is 0. The van der Waals surface area contributed by atoms with Crippen LogP contribution in [0.4, 0.5) is 0 Å². The maximum atomic E-state index is 10.9. The molecule has 1 unspecified atom stereocenters. The van der Waals surface area contributed by atoms with Crippen LogP contribution in [0.5, 0.6) is 0 Å². The predicted octanol–water partition coefficient (Wildman–Crippen LogP) is 3.53. The number of benzene rings is 1. The van der Waals surface area contributed by atoms with Gasteiger partial charge in [0.1, 0.15) is 0 Å². The molecule has 0 aliphatic heterocycles. The van der Waals surface area contributed by atoms with E-state index in [1.807, 2.05) is 0 Å². The van der Waals surface area contributed by atoms with Gasteiger partial charge in [-0.1, -0.05) is 31.5 Å². The Morgan fingerprint density at radius 1 is 1.35 bits per heavy atom. The SMILES string of the molecule is CCCC(CC(=O)O)c1ccc2c(c1)CCC2. The molecule has 0 aromatic heterocycles. The molecule has 2 heteroatoms. The minimum absolute atomic E-state index is 0.184. The zero-order chi connectivity index (χ0) is 12.3. The van der Waals surface area contributed by atoms with Crippen LogP contribution in [-0.2, 0) is 17.6 Å². The van der Waals surface area contributed by atoms with Crippen LogP contribution in [-0.4, -0.2) is 11.1 Å². The Morgan fingerprint density at radius 2 is 2.12 bits per heavy atom. The van der Waals surface area contributed by atoms with Crippen molar-refractivity contribution < 1.29 is 9.90 Å². The van der Waals surface area contributed by atoms with E-state index in [2.05, 4.69) is 25.1 Å². The number of carboxylic acids is 1. The van der Waals surface area contributed by atoms with Gasteiger partial charge in [-0.25, -0.2) is 0 Å². The molecule has 1 aromatic rings. The van der Waals surface area contributed by atoms with Crippen molar-refractivity contribution in [2.24, 2.45) is 0 Å². The number of carbonyl (C=O) groups is 1. The van der Waals surface area contributed by atoms with Gasteiger partial charge in [0.05, 0.1) is 6.42 Å². The first kappa shape index (κ1) is 12.2. The Hall–Kier alpha value is -1.31. The highest BCUT2D eigenvalue weighted by molar-refractivity contribution is 5.68. The number of hydrogen-bond donors (Lipinski definition) is 1. The smallest absolute Gasteiger partial charge is 0.303 e. The molecular weight excluding hydrogens is 212 g/mol. The van der Waals surface area contributed by atoms with Crippen molar-refractivity contribution in [2.75, 3.05) is 0 Å². The van der Waals surface area contributed by atoms with E-state index in [1.54, 1.807) is 0 Å². The van der Waals surface area contributed by atoms with Gasteiger partial charge in [-0.05, 0) is 48.3 Å². The van der Waals surface area contributed by atoms with E-state index < -0.39 is 5.97 Å². The van der Waals surface area contributed by atoms with Gasteiger partial charge in [-0.15, -0.1) is 0 Å². The zero-order valence-corrected chi connectivity index (χ0v) is 10.4. The van der Waals surface area contributed by atoms with Gasteiger partial charge in [0.15, 0.2) is 0 Å². The van der Waals surface area contributed by atoms with Crippen molar-refractivity contribution >= 4 is 5.97 Å². The first-order valence-corrected chi connectivity index (χ1v) is 6.54. The molecule has 0 spiro atoms. The average Bonchev–Trinajstić information content (AvgIpc) is 2.74. The zero-order valence-electron chi connectivity index (χ0n) is 10.4. The fraction of sp³-hybridized carbons (Fsp3) is 0.533. The summed E-state index contributed by atoms with van der Waals surface area (Å²) < 4.78 is 0. The Balaban J connectivity index is 2.20. The molecule has 1 aliphatic carbocycles. The fourth-order valence-corrected chi connectivity index (χ4v) is 2.79. The first-order chi connectivity index (χ1) is 8.20. The summed E-state index contributed by atoms with van der Waals surface area (Å²) in [6.07, 6.45) is 5.85. The summed E-state index contributed by atoms with van der Waals surface area (Å²) in [5.74, 6) is -0.507. The lowest BCUT2D eigenvalue weighted by Gasteiger charge is -2.15. The Morgan fingerprint density at radius 3 is 2.82 bits per heavy atom. The molecule has 2 rings (SSSR count). The molecule has 17 heavy (non-hydrogen) atoms. The lowest BCUT2D eigenvalue weighted by Crippen LogP contribution is -2.06. The van der Waals surface area contributed by atoms with Crippen molar-refractivity contribution in [3.63, 3.8) is 0 Å². The summed E-state index contributed by atoms with van der Waals surface area (Å²) in [5, 5.41) is 8.97. The third-order valence-electron chi connectivity index (χ3n) is 3.65. The van der Waals surface area contributed by atoms with Crippen molar-refractivity contribution in [2.45, 2.75) is 51.4 Å². The summed E-state index contributed by atoms with van der Waals surface area (Å²) in [6, 6.07) is 6.57. The number of hydrogen-bond acceptors (Lipinski definition) is 1. The monoisotopic (exact) mass is 232 g/mol. The third kappa shape index (κ3) is 2.87. The van der Waals surface area contributed by atoms with Crippen LogP contribution in [0.1, 0.15) is 55.2 Å². The number of aryl methyl sites for hydroxylation is 2. The lowest BCUT2D eigenvalue weighted by molar-refractivity contribution is -0.137. The van der Waals surface area contributed by atoms with Crippen molar-refractivity contribution in [1.29, 1.82) is 0 Å². The predicted molar refractivity (Wildman–Crippen MR) is 68.4 cm³/mol. The Kier molecular flexibility index (Phi) is 3.82. The highest BCUT2D eigenvalue weighted by atomic mass is 16.4.